The van der Waals surface area contributed by atoms with E-state index in [2.05, 4.69) is 5.10 Å². The van der Waals surface area contributed by atoms with Gasteiger partial charge in [-0.3, -0.25) is 9.48 Å². The molecule has 0 radical (unpaired) electrons. The highest BCUT2D eigenvalue weighted by molar-refractivity contribution is 8.00. The van der Waals surface area contributed by atoms with Crippen molar-refractivity contribution in [1.29, 1.82) is 0 Å². The van der Waals surface area contributed by atoms with Crippen molar-refractivity contribution in [2.24, 2.45) is 0 Å². The van der Waals surface area contributed by atoms with E-state index >= 15 is 0 Å². The fourth-order valence-electron chi connectivity index (χ4n) is 2.01. The van der Waals surface area contributed by atoms with Gasteiger partial charge in [-0.2, -0.15) is 16.9 Å². The minimum Gasteiger partial charge on any atom is -0.293 e. The van der Waals surface area contributed by atoms with Gasteiger partial charge in [-0.25, -0.2) is 0 Å². The molecule has 0 unspecified atom stereocenters. The molecule has 0 aromatic carbocycles. The van der Waals surface area contributed by atoms with Crippen LogP contribution >= 0.6 is 11.8 Å². The number of nitrogens with zero attached hydrogens (tertiary/aromatic N) is 2. The number of Topliss-reactive ketones (excluding diaryl/α,β-unsaturated/α-hetero) is 1. The zero-order valence-electron chi connectivity index (χ0n) is 9.69. The van der Waals surface area contributed by atoms with Gasteiger partial charge in [0.05, 0.1) is 17.5 Å². The monoisotopic (exact) mass is 238 g/mol. The van der Waals surface area contributed by atoms with Gasteiger partial charge >= 0.3 is 0 Å². The average molecular weight is 238 g/mol. The van der Waals surface area contributed by atoms with Gasteiger partial charge in [-0.1, -0.05) is 12.8 Å². The summed E-state index contributed by atoms with van der Waals surface area (Å²) in [6.45, 7) is 2.84. The van der Waals surface area contributed by atoms with E-state index in [1.54, 1.807) is 10.9 Å². The van der Waals surface area contributed by atoms with Crippen LogP contribution in [-0.4, -0.2) is 26.6 Å². The van der Waals surface area contributed by atoms with Crippen molar-refractivity contribution in [2.75, 3.05) is 5.75 Å². The standard InChI is InChI=1S/C12H18N2OS/c1-2-14-8-10(7-13-14)12(15)9-16-11-5-3-4-6-11/h7-8,11H,2-6,9H2,1H3. The van der Waals surface area contributed by atoms with Gasteiger partial charge in [0.25, 0.3) is 0 Å². The summed E-state index contributed by atoms with van der Waals surface area (Å²) in [6.07, 6.45) is 8.76. The van der Waals surface area contributed by atoms with Gasteiger partial charge in [-0.05, 0) is 19.8 Å². The van der Waals surface area contributed by atoms with Gasteiger partial charge in [0.15, 0.2) is 5.78 Å². The second-order valence-corrected chi connectivity index (χ2v) is 5.51. The fourth-order valence-corrected chi connectivity index (χ4v) is 3.23. The molecule has 0 spiro atoms. The largest absolute Gasteiger partial charge is 0.293 e. The van der Waals surface area contributed by atoms with E-state index in [0.717, 1.165) is 12.1 Å². The summed E-state index contributed by atoms with van der Waals surface area (Å²) in [5.41, 5.74) is 0.757. The number of thioether (sulfide) groups is 1. The highest BCUT2D eigenvalue weighted by atomic mass is 32.2. The van der Waals surface area contributed by atoms with E-state index in [0.29, 0.717) is 11.0 Å². The number of carbonyl (C=O) groups excluding carboxylic acids is 1. The maximum Gasteiger partial charge on any atom is 0.175 e. The van der Waals surface area contributed by atoms with Crippen molar-refractivity contribution < 1.29 is 4.79 Å². The summed E-state index contributed by atoms with van der Waals surface area (Å²) in [7, 11) is 0. The van der Waals surface area contributed by atoms with Crippen molar-refractivity contribution in [3.05, 3.63) is 18.0 Å². The summed E-state index contributed by atoms with van der Waals surface area (Å²) in [5.74, 6) is 0.830. The maximum atomic E-state index is 11.9. The maximum absolute atomic E-state index is 11.9. The van der Waals surface area contributed by atoms with E-state index in [9.17, 15) is 4.79 Å². The number of carbonyl (C=O) groups is 1. The minimum atomic E-state index is 0.219. The summed E-state index contributed by atoms with van der Waals surface area (Å²) in [5, 5.41) is 4.84. The molecular weight excluding hydrogens is 220 g/mol. The quantitative estimate of drug-likeness (QED) is 0.740. The van der Waals surface area contributed by atoms with Gasteiger partial charge < -0.3 is 0 Å². The average Bonchev–Trinajstić information content (AvgIpc) is 2.96. The Kier molecular flexibility index (Phi) is 4.04. The van der Waals surface area contributed by atoms with Crippen LogP contribution in [0.25, 0.3) is 0 Å². The predicted molar refractivity (Wildman–Crippen MR) is 66.9 cm³/mol. The molecule has 88 valence electrons. The van der Waals surface area contributed by atoms with E-state index in [1.807, 2.05) is 24.9 Å². The molecule has 1 saturated carbocycles. The Balaban J connectivity index is 1.82. The van der Waals surface area contributed by atoms with Gasteiger partial charge in [-0.15, -0.1) is 0 Å². The lowest BCUT2D eigenvalue weighted by molar-refractivity contribution is 0.102. The van der Waals surface area contributed by atoms with Crippen LogP contribution in [0.5, 0.6) is 0 Å². The first kappa shape index (κ1) is 11.7. The number of aryl methyl sites for hydroxylation is 1. The molecule has 1 heterocycles. The van der Waals surface area contributed by atoms with Crippen molar-refractivity contribution in [3.8, 4) is 0 Å². The molecule has 4 heteroatoms. The Morgan fingerprint density at radius 2 is 2.31 bits per heavy atom. The zero-order chi connectivity index (χ0) is 11.4. The predicted octanol–water partition coefficient (Wildman–Crippen LogP) is 2.76. The second kappa shape index (κ2) is 5.53. The SMILES string of the molecule is CCn1cc(C(=O)CSC2CCCC2)cn1. The first-order valence-corrected chi connectivity index (χ1v) is 7.01. The Morgan fingerprint density at radius 1 is 1.56 bits per heavy atom. The molecule has 0 amide bonds. The molecular formula is C12H18N2OS. The molecule has 0 aliphatic heterocycles. The molecule has 1 aliphatic rings. The van der Waals surface area contributed by atoms with Crippen molar-refractivity contribution in [3.63, 3.8) is 0 Å². The molecule has 0 bridgehead atoms. The molecule has 1 aromatic heterocycles. The van der Waals surface area contributed by atoms with Gasteiger partial charge in [0.1, 0.15) is 0 Å². The third-order valence-corrected chi connectivity index (χ3v) is 4.40. The Hall–Kier alpha value is -0.770. The number of hydrogen-bond acceptors (Lipinski definition) is 3. The Morgan fingerprint density at radius 3 is 2.94 bits per heavy atom. The number of ketones is 1. The normalized spacial score (nSPS) is 16.8. The highest BCUT2D eigenvalue weighted by Gasteiger charge is 2.17. The van der Waals surface area contributed by atoms with Crippen LogP contribution in [-0.2, 0) is 6.54 Å². The van der Waals surface area contributed by atoms with Crippen LogP contribution in [0.4, 0.5) is 0 Å². The number of rotatable bonds is 5. The van der Waals surface area contributed by atoms with Crippen LogP contribution < -0.4 is 0 Å². The molecule has 1 aromatic rings. The van der Waals surface area contributed by atoms with Crippen molar-refractivity contribution in [2.45, 2.75) is 44.4 Å². The van der Waals surface area contributed by atoms with E-state index in [1.165, 1.54) is 25.7 Å². The smallest absolute Gasteiger partial charge is 0.175 e. The summed E-state index contributed by atoms with van der Waals surface area (Å²) in [4.78, 5) is 11.9. The third-order valence-electron chi connectivity index (χ3n) is 3.03. The van der Waals surface area contributed by atoms with Crippen LogP contribution in [0.1, 0.15) is 43.0 Å². The van der Waals surface area contributed by atoms with E-state index in [-0.39, 0.29) is 5.78 Å². The summed E-state index contributed by atoms with van der Waals surface area (Å²) in [6, 6.07) is 0. The molecule has 0 N–H and O–H groups in total. The summed E-state index contributed by atoms with van der Waals surface area (Å²) >= 11 is 1.82. The molecule has 1 fully saturated rings. The van der Waals surface area contributed by atoms with Crippen LogP contribution in [0, 0.1) is 0 Å². The Labute approximate surface area is 101 Å². The molecule has 1 aliphatic carbocycles. The second-order valence-electron chi connectivity index (χ2n) is 4.23. The number of hydrogen-bond donors (Lipinski definition) is 0. The van der Waals surface area contributed by atoms with E-state index in [4.69, 9.17) is 0 Å². The third kappa shape index (κ3) is 2.88. The highest BCUT2D eigenvalue weighted by Crippen LogP contribution is 2.29. The lowest BCUT2D eigenvalue weighted by Gasteiger charge is -2.06. The molecule has 0 atom stereocenters. The molecule has 16 heavy (non-hydrogen) atoms. The van der Waals surface area contributed by atoms with Crippen LogP contribution in [0.15, 0.2) is 12.4 Å². The van der Waals surface area contributed by atoms with Crippen LogP contribution in [0.3, 0.4) is 0 Å². The van der Waals surface area contributed by atoms with Crippen molar-refractivity contribution >= 4 is 17.5 Å². The first-order chi connectivity index (χ1) is 7.79. The summed E-state index contributed by atoms with van der Waals surface area (Å²) < 4.78 is 1.80. The van der Waals surface area contributed by atoms with Gasteiger partial charge in [0.2, 0.25) is 0 Å². The fraction of sp³-hybridized carbons (Fsp3) is 0.667. The lowest BCUT2D eigenvalue weighted by Crippen LogP contribution is -2.05. The zero-order valence-corrected chi connectivity index (χ0v) is 10.5. The minimum absolute atomic E-state index is 0.219. The van der Waals surface area contributed by atoms with Crippen molar-refractivity contribution in [1.82, 2.24) is 9.78 Å². The van der Waals surface area contributed by atoms with E-state index < -0.39 is 0 Å². The molecule has 3 nitrogen and oxygen atoms in total. The lowest BCUT2D eigenvalue weighted by atomic mass is 10.3. The Bertz CT molecular complexity index is 356. The molecule has 0 saturated heterocycles. The number of aromatic nitrogens is 2. The topological polar surface area (TPSA) is 34.9 Å². The van der Waals surface area contributed by atoms with Crippen LogP contribution in [0.2, 0.25) is 0 Å². The van der Waals surface area contributed by atoms with Gasteiger partial charge in [0, 0.05) is 18.0 Å². The first-order valence-electron chi connectivity index (χ1n) is 5.97. The molecule has 2 rings (SSSR count).